The molecule has 4 aromatic rings. The number of thioether (sulfide) groups is 1. The highest BCUT2D eigenvalue weighted by Crippen LogP contribution is 2.31. The minimum Gasteiger partial charge on any atom is -0.491 e. The molecule has 0 amide bonds. The Bertz CT molecular complexity index is 1150. The third kappa shape index (κ3) is 5.99. The number of ether oxygens (including phenoxy) is 1. The van der Waals surface area contributed by atoms with Gasteiger partial charge in [-0.15, -0.1) is 11.3 Å². The molecule has 0 radical (unpaired) electrons. The number of thiazole rings is 1. The van der Waals surface area contributed by atoms with Gasteiger partial charge in [0.25, 0.3) is 0 Å². The second kappa shape index (κ2) is 10.5. The Kier molecular flexibility index (Phi) is 7.48. The summed E-state index contributed by atoms with van der Waals surface area (Å²) in [7, 11) is 0. The molecule has 4 rings (SSSR count). The van der Waals surface area contributed by atoms with E-state index in [0.717, 1.165) is 32.4 Å². The fourth-order valence-corrected chi connectivity index (χ4v) is 5.00. The van der Waals surface area contributed by atoms with Gasteiger partial charge in [-0.2, -0.15) is 0 Å². The van der Waals surface area contributed by atoms with E-state index >= 15 is 0 Å². The van der Waals surface area contributed by atoms with Crippen LogP contribution in [-0.2, 0) is 5.75 Å². The molecule has 2 aromatic heterocycles. The molecule has 1 N–H and O–H groups in total. The average Bonchev–Trinajstić information content (AvgIpc) is 3.26. The second-order valence-corrected chi connectivity index (χ2v) is 9.23. The first kappa shape index (κ1) is 22.1. The van der Waals surface area contributed by atoms with Crippen LogP contribution in [0.15, 0.2) is 71.1 Å². The highest BCUT2D eigenvalue weighted by Gasteiger charge is 2.09. The van der Waals surface area contributed by atoms with E-state index in [1.807, 2.05) is 60.7 Å². The lowest BCUT2D eigenvalue weighted by atomic mass is 10.1. The number of hydrogen-bond donors (Lipinski definition) is 1. The maximum Gasteiger partial charge on any atom is 0.130 e. The molecule has 0 fully saturated rings. The van der Waals surface area contributed by atoms with Crippen LogP contribution in [0.3, 0.4) is 0 Å². The molecule has 0 bridgehead atoms. The predicted molar refractivity (Wildman–Crippen MR) is 129 cm³/mol. The topological polar surface area (TPSA) is 55.2 Å². The van der Waals surface area contributed by atoms with Crippen LogP contribution >= 0.6 is 46.3 Å². The van der Waals surface area contributed by atoms with Crippen molar-refractivity contribution < 1.29 is 9.84 Å². The molecule has 2 aromatic carbocycles. The monoisotopic (exact) mass is 488 g/mol. The third-order valence-electron chi connectivity index (χ3n) is 4.33. The second-order valence-electron chi connectivity index (χ2n) is 6.55. The molecule has 0 aliphatic heterocycles. The lowest BCUT2D eigenvalue weighted by Gasteiger charge is -2.08. The van der Waals surface area contributed by atoms with Crippen molar-refractivity contribution in [2.24, 2.45) is 0 Å². The van der Waals surface area contributed by atoms with Crippen LogP contribution in [0.2, 0.25) is 10.2 Å². The quantitative estimate of drug-likeness (QED) is 0.217. The van der Waals surface area contributed by atoms with Crippen molar-refractivity contribution in [1.82, 2.24) is 9.97 Å². The number of halogens is 2. The van der Waals surface area contributed by atoms with Gasteiger partial charge in [0.1, 0.15) is 22.5 Å². The number of aliphatic hydroxyl groups excluding tert-OH is 1. The molecule has 31 heavy (non-hydrogen) atoms. The van der Waals surface area contributed by atoms with E-state index in [1.54, 1.807) is 23.1 Å². The molecule has 0 aliphatic rings. The molecule has 0 atom stereocenters. The molecule has 8 heteroatoms. The van der Waals surface area contributed by atoms with Crippen molar-refractivity contribution in [2.75, 3.05) is 13.2 Å². The molecular weight excluding hydrogens is 471 g/mol. The Hall–Kier alpha value is -2.09. The first-order valence-corrected chi connectivity index (χ1v) is 12.1. The summed E-state index contributed by atoms with van der Waals surface area (Å²) >= 11 is 15.5. The summed E-state index contributed by atoms with van der Waals surface area (Å²) in [5.41, 5.74) is 4.05. The average molecular weight is 489 g/mol. The lowest BCUT2D eigenvalue weighted by molar-refractivity contribution is 0.201. The van der Waals surface area contributed by atoms with Crippen molar-refractivity contribution in [2.45, 2.75) is 10.8 Å². The van der Waals surface area contributed by atoms with Crippen molar-refractivity contribution in [3.05, 3.63) is 81.9 Å². The van der Waals surface area contributed by atoms with Gasteiger partial charge in [-0.3, -0.25) is 0 Å². The van der Waals surface area contributed by atoms with Crippen molar-refractivity contribution in [1.29, 1.82) is 0 Å². The van der Waals surface area contributed by atoms with Gasteiger partial charge in [0.2, 0.25) is 0 Å². The Morgan fingerprint density at radius 1 is 0.903 bits per heavy atom. The fourth-order valence-electron chi connectivity index (χ4n) is 2.87. The number of aromatic nitrogens is 2. The van der Waals surface area contributed by atoms with E-state index in [4.69, 9.17) is 38.0 Å². The van der Waals surface area contributed by atoms with Gasteiger partial charge in [0.15, 0.2) is 0 Å². The molecule has 0 spiro atoms. The molecule has 0 aliphatic carbocycles. The first-order chi connectivity index (χ1) is 15.1. The molecule has 0 saturated carbocycles. The van der Waals surface area contributed by atoms with Gasteiger partial charge in [-0.25, -0.2) is 9.97 Å². The fraction of sp³-hybridized carbons (Fsp3) is 0.130. The van der Waals surface area contributed by atoms with Crippen LogP contribution in [0.25, 0.3) is 21.7 Å². The van der Waals surface area contributed by atoms with Crippen LogP contribution < -0.4 is 4.74 Å². The molecule has 0 unspecified atom stereocenters. The van der Waals surface area contributed by atoms with Crippen LogP contribution in [0.4, 0.5) is 0 Å². The van der Waals surface area contributed by atoms with E-state index in [1.165, 1.54) is 0 Å². The minimum absolute atomic E-state index is 0.0114. The zero-order valence-electron chi connectivity index (χ0n) is 16.3. The van der Waals surface area contributed by atoms with Crippen molar-refractivity contribution in [3.8, 4) is 27.4 Å². The van der Waals surface area contributed by atoms with E-state index in [9.17, 15) is 0 Å². The summed E-state index contributed by atoms with van der Waals surface area (Å²) < 4.78 is 5.42. The van der Waals surface area contributed by atoms with Gasteiger partial charge in [0, 0.05) is 21.7 Å². The van der Waals surface area contributed by atoms with Crippen molar-refractivity contribution >= 4 is 46.3 Å². The maximum absolute atomic E-state index is 8.87. The summed E-state index contributed by atoms with van der Waals surface area (Å²) in [5.74, 6) is 1.41. The smallest absolute Gasteiger partial charge is 0.130 e. The van der Waals surface area contributed by atoms with Crippen LogP contribution in [0.5, 0.6) is 5.75 Å². The summed E-state index contributed by atoms with van der Waals surface area (Å²) in [6.45, 7) is 0.264. The van der Waals surface area contributed by atoms with Crippen LogP contribution in [-0.4, -0.2) is 28.3 Å². The SMILES string of the molecule is OCCOc1ccc(-c2cc(Cl)nc(SCc3csc(-c4ccc(Cl)cc4)n3)c2)cc1. The zero-order chi connectivity index (χ0) is 21.6. The summed E-state index contributed by atoms with van der Waals surface area (Å²) in [5, 5.41) is 13.9. The number of hydrogen-bond acceptors (Lipinski definition) is 6. The Labute approximate surface area is 198 Å². The molecule has 2 heterocycles. The number of benzene rings is 2. The van der Waals surface area contributed by atoms with Crippen molar-refractivity contribution in [3.63, 3.8) is 0 Å². The van der Waals surface area contributed by atoms with Gasteiger partial charge < -0.3 is 9.84 Å². The Morgan fingerprint density at radius 3 is 2.39 bits per heavy atom. The summed E-state index contributed by atoms with van der Waals surface area (Å²) in [6.07, 6.45) is 0. The molecular formula is C23H18Cl2N2O2S2. The Morgan fingerprint density at radius 2 is 1.65 bits per heavy atom. The summed E-state index contributed by atoms with van der Waals surface area (Å²) in [6, 6.07) is 19.2. The minimum atomic E-state index is -0.0114. The number of nitrogens with zero attached hydrogens (tertiary/aromatic N) is 2. The maximum atomic E-state index is 8.87. The van der Waals surface area contributed by atoms with Gasteiger partial charge in [-0.1, -0.05) is 59.2 Å². The van der Waals surface area contributed by atoms with E-state index in [2.05, 4.69) is 10.4 Å². The standard InChI is InChI=1S/C23H18Cl2N2O2S2/c24-18-5-1-16(2-6-18)23-26-19(14-31-23)13-30-22-12-17(11-21(25)27-22)15-3-7-20(8-4-15)29-10-9-28/h1-8,11-12,14,28H,9-10,13H2. The predicted octanol–water partition coefficient (Wildman–Crippen LogP) is 6.84. The zero-order valence-corrected chi connectivity index (χ0v) is 19.4. The van der Waals surface area contributed by atoms with E-state index in [0.29, 0.717) is 21.7 Å². The number of pyridine rings is 1. The van der Waals surface area contributed by atoms with Crippen LogP contribution in [0, 0.1) is 0 Å². The van der Waals surface area contributed by atoms with Crippen LogP contribution in [0.1, 0.15) is 5.69 Å². The largest absolute Gasteiger partial charge is 0.491 e. The van der Waals surface area contributed by atoms with E-state index in [-0.39, 0.29) is 13.2 Å². The van der Waals surface area contributed by atoms with Gasteiger partial charge in [-0.05, 0) is 47.5 Å². The highest BCUT2D eigenvalue weighted by molar-refractivity contribution is 7.98. The summed E-state index contributed by atoms with van der Waals surface area (Å²) in [4.78, 5) is 9.17. The van der Waals surface area contributed by atoms with E-state index < -0.39 is 0 Å². The number of rotatable bonds is 8. The first-order valence-electron chi connectivity index (χ1n) is 9.45. The lowest BCUT2D eigenvalue weighted by Crippen LogP contribution is -2.01. The molecule has 4 nitrogen and oxygen atoms in total. The highest BCUT2D eigenvalue weighted by atomic mass is 35.5. The Balaban J connectivity index is 1.45. The van der Waals surface area contributed by atoms with Gasteiger partial charge >= 0.3 is 0 Å². The molecule has 0 saturated heterocycles. The number of aliphatic hydroxyl groups is 1. The molecule has 158 valence electrons. The normalized spacial score (nSPS) is 10.9. The third-order valence-corrected chi connectivity index (χ3v) is 6.66. The van der Waals surface area contributed by atoms with Gasteiger partial charge in [0.05, 0.1) is 17.3 Å².